The Kier molecular flexibility index (Phi) is 10.3. The van der Waals surface area contributed by atoms with Gasteiger partial charge >= 0.3 is 0 Å². The maximum atomic E-state index is 13.7. The quantitative estimate of drug-likeness (QED) is 0.255. The van der Waals surface area contributed by atoms with Crippen LogP contribution in [-0.2, 0) is 27.4 Å². The van der Waals surface area contributed by atoms with Crippen LogP contribution in [-0.4, -0.2) is 46.2 Å². The Morgan fingerprint density at radius 3 is 2.37 bits per heavy atom. The van der Waals surface area contributed by atoms with Gasteiger partial charge in [-0.2, -0.15) is 0 Å². The van der Waals surface area contributed by atoms with Crippen molar-refractivity contribution in [2.75, 3.05) is 6.54 Å². The molecule has 6 atom stereocenters. The molecule has 7 nitrogen and oxygen atoms in total. The van der Waals surface area contributed by atoms with Gasteiger partial charge in [0.1, 0.15) is 0 Å². The molecule has 4 N–H and O–H groups in total. The summed E-state index contributed by atoms with van der Waals surface area (Å²) in [7, 11) is 0. The molecule has 3 aromatic carbocycles. The molecule has 1 amide bonds. The lowest BCUT2D eigenvalue weighted by Gasteiger charge is -2.50. The summed E-state index contributed by atoms with van der Waals surface area (Å²) in [6.07, 6.45) is 6.66. The number of piperidine rings is 1. The van der Waals surface area contributed by atoms with E-state index in [2.05, 4.69) is 79.5 Å². The fourth-order valence-electron chi connectivity index (χ4n) is 7.74. The molecule has 3 aromatic rings. The minimum Gasteiger partial charge on any atom is -0.392 e. The molecule has 2 saturated heterocycles. The molecule has 7 heteroatoms. The molecule has 6 rings (SSSR count). The average Bonchev–Trinajstić information content (AvgIpc) is 3.07. The van der Waals surface area contributed by atoms with Crippen LogP contribution in [0.2, 0.25) is 0 Å². The first-order valence-corrected chi connectivity index (χ1v) is 17.2. The molecule has 3 fully saturated rings. The van der Waals surface area contributed by atoms with E-state index in [1.54, 1.807) is 0 Å². The van der Waals surface area contributed by atoms with Crippen molar-refractivity contribution in [2.45, 2.75) is 115 Å². The van der Waals surface area contributed by atoms with Crippen molar-refractivity contribution in [1.82, 2.24) is 10.2 Å². The maximum Gasteiger partial charge on any atom is 0.237 e. The number of nitrogens with one attached hydrogen (secondary N) is 1. The number of hydrogen-bond donors (Lipinski definition) is 3. The summed E-state index contributed by atoms with van der Waals surface area (Å²) >= 11 is 0. The summed E-state index contributed by atoms with van der Waals surface area (Å²) < 4.78 is 13.6. The number of hydrogen-bond acceptors (Lipinski definition) is 6. The van der Waals surface area contributed by atoms with Gasteiger partial charge in [0.2, 0.25) is 5.91 Å². The number of likely N-dealkylation sites (tertiary alicyclic amines) is 1. The van der Waals surface area contributed by atoms with Gasteiger partial charge in [0.15, 0.2) is 6.29 Å². The van der Waals surface area contributed by atoms with Gasteiger partial charge in [0, 0.05) is 36.7 Å². The number of nitrogens with two attached hydrogens (primary N) is 1. The van der Waals surface area contributed by atoms with Crippen LogP contribution in [0.5, 0.6) is 0 Å². The van der Waals surface area contributed by atoms with E-state index in [4.69, 9.17) is 15.2 Å². The number of benzene rings is 3. The van der Waals surface area contributed by atoms with Gasteiger partial charge in [-0.05, 0) is 92.3 Å². The molecule has 0 bridgehead atoms. The van der Waals surface area contributed by atoms with Crippen molar-refractivity contribution < 1.29 is 19.4 Å². The van der Waals surface area contributed by atoms with Gasteiger partial charge in [-0.25, -0.2) is 0 Å². The van der Waals surface area contributed by atoms with Crippen molar-refractivity contribution in [3.63, 3.8) is 0 Å². The molecule has 46 heavy (non-hydrogen) atoms. The Labute approximate surface area is 274 Å². The van der Waals surface area contributed by atoms with Crippen LogP contribution in [0, 0.1) is 5.92 Å². The zero-order chi connectivity index (χ0) is 32.3. The molecule has 0 unspecified atom stereocenters. The Balaban J connectivity index is 1.31. The Morgan fingerprint density at radius 2 is 1.63 bits per heavy atom. The normalized spacial score (nSPS) is 27.2. The van der Waals surface area contributed by atoms with Gasteiger partial charge in [0.25, 0.3) is 0 Å². The van der Waals surface area contributed by atoms with E-state index in [1.807, 2.05) is 24.3 Å². The largest absolute Gasteiger partial charge is 0.392 e. The van der Waals surface area contributed by atoms with Crippen molar-refractivity contribution >= 4 is 5.91 Å². The number of amides is 1. The summed E-state index contributed by atoms with van der Waals surface area (Å²) in [5.74, 6) is 0.759. The van der Waals surface area contributed by atoms with Crippen LogP contribution < -0.4 is 11.1 Å². The molecular weight excluding hydrogens is 574 g/mol. The summed E-state index contributed by atoms with van der Waals surface area (Å²) in [5.41, 5.74) is 11.9. The van der Waals surface area contributed by atoms with Gasteiger partial charge in [-0.3, -0.25) is 9.69 Å². The first-order chi connectivity index (χ1) is 22.2. The minimum absolute atomic E-state index is 0.00778. The second-order valence-corrected chi connectivity index (χ2v) is 14.5. The summed E-state index contributed by atoms with van der Waals surface area (Å²) in [6, 6.07) is 25.0. The number of ether oxygens (including phenoxy) is 2. The lowest BCUT2D eigenvalue weighted by atomic mass is 9.75. The number of fused-ring (bicyclic) bond motifs is 1. The summed E-state index contributed by atoms with van der Waals surface area (Å²) in [4.78, 5) is 16.2. The Morgan fingerprint density at radius 1 is 0.891 bits per heavy atom. The third-order valence-corrected chi connectivity index (χ3v) is 9.99. The third kappa shape index (κ3) is 7.72. The predicted octanol–water partition coefficient (Wildman–Crippen LogP) is 6.79. The van der Waals surface area contributed by atoms with Crippen molar-refractivity contribution in [2.24, 2.45) is 11.7 Å². The lowest BCUT2D eigenvalue weighted by Crippen LogP contribution is -2.61. The highest BCUT2D eigenvalue weighted by molar-refractivity contribution is 5.82. The van der Waals surface area contributed by atoms with E-state index in [0.717, 1.165) is 52.6 Å². The molecule has 1 saturated carbocycles. The van der Waals surface area contributed by atoms with Gasteiger partial charge in [0.05, 0.1) is 24.9 Å². The molecule has 1 aliphatic carbocycles. The van der Waals surface area contributed by atoms with Crippen LogP contribution in [0.3, 0.4) is 0 Å². The molecule has 2 aliphatic heterocycles. The fourth-order valence-corrected chi connectivity index (χ4v) is 7.74. The molecule has 0 spiro atoms. The van der Waals surface area contributed by atoms with Crippen molar-refractivity contribution in [3.8, 4) is 11.1 Å². The number of carbonyl (C=O) groups is 1. The van der Waals surface area contributed by atoms with E-state index >= 15 is 0 Å². The highest BCUT2D eigenvalue weighted by atomic mass is 16.7. The van der Waals surface area contributed by atoms with Crippen LogP contribution in [0.25, 0.3) is 11.1 Å². The second-order valence-electron chi connectivity index (χ2n) is 14.5. The number of nitrogens with zero attached hydrogens (tertiary/aromatic N) is 1. The van der Waals surface area contributed by atoms with E-state index < -0.39 is 6.29 Å². The standard InChI is InChI=1S/C39H51N3O4/c1-39(2,3)41-37(44)35-19-18-28-9-4-5-13-34(28)42(35)24-33-22-36(29-16-14-26(25-43)15-17-29)46-38(45-33)32-12-7-11-31(21-32)30-10-6-8-27(20-30)23-40/h6-8,10-12,14-17,20-21,28,33-36,38,43H,4-5,9,13,18-19,22-25,40H2,1-3H3,(H,41,44)/t28-,33-,34-,35-,36+,38+/m1/s1. The topological polar surface area (TPSA) is 97.1 Å². The Bertz CT molecular complexity index is 1470. The highest BCUT2D eigenvalue weighted by Gasteiger charge is 2.44. The van der Waals surface area contributed by atoms with Gasteiger partial charge in [-0.1, -0.05) is 73.5 Å². The van der Waals surface area contributed by atoms with E-state index in [-0.39, 0.29) is 36.3 Å². The van der Waals surface area contributed by atoms with E-state index in [1.165, 1.54) is 19.3 Å². The fraction of sp³-hybridized carbons (Fsp3) is 0.513. The smallest absolute Gasteiger partial charge is 0.237 e. The van der Waals surface area contributed by atoms with Crippen LogP contribution in [0.4, 0.5) is 0 Å². The first kappa shape index (κ1) is 32.9. The number of carbonyl (C=O) groups excluding carboxylic acids is 1. The molecular formula is C39H51N3O4. The third-order valence-electron chi connectivity index (χ3n) is 9.99. The zero-order valence-electron chi connectivity index (χ0n) is 27.7. The monoisotopic (exact) mass is 625 g/mol. The van der Waals surface area contributed by atoms with Crippen LogP contribution in [0.15, 0.2) is 72.8 Å². The Hall–Kier alpha value is -3.07. The van der Waals surface area contributed by atoms with Crippen LogP contribution >= 0.6 is 0 Å². The van der Waals surface area contributed by atoms with Gasteiger partial charge in [-0.15, -0.1) is 0 Å². The number of rotatable bonds is 8. The van der Waals surface area contributed by atoms with Crippen LogP contribution in [0.1, 0.15) is 100 Å². The number of aliphatic hydroxyl groups excluding tert-OH is 1. The minimum atomic E-state index is -0.562. The predicted molar refractivity (Wildman–Crippen MR) is 182 cm³/mol. The summed E-state index contributed by atoms with van der Waals surface area (Å²) in [6.45, 7) is 7.36. The molecule has 0 aromatic heterocycles. The molecule has 3 aliphatic rings. The summed E-state index contributed by atoms with van der Waals surface area (Å²) in [5, 5.41) is 12.9. The molecule has 246 valence electrons. The molecule has 2 heterocycles. The zero-order valence-corrected chi connectivity index (χ0v) is 27.7. The van der Waals surface area contributed by atoms with Crippen molar-refractivity contribution in [3.05, 3.63) is 95.1 Å². The highest BCUT2D eigenvalue weighted by Crippen LogP contribution is 2.42. The first-order valence-electron chi connectivity index (χ1n) is 17.2. The molecule has 0 radical (unpaired) electrons. The SMILES string of the molecule is CC(C)(C)NC(=O)[C@H]1CC[C@H]2CCCC[C@H]2N1C[C@H]1C[C@@H](c2ccc(CO)cc2)O[C@@H](c2cccc(-c3cccc(CN)c3)c2)O1. The van der Waals surface area contributed by atoms with E-state index in [9.17, 15) is 9.90 Å². The number of aliphatic hydroxyl groups is 1. The van der Waals surface area contributed by atoms with Gasteiger partial charge < -0.3 is 25.6 Å². The second kappa shape index (κ2) is 14.4. The lowest BCUT2D eigenvalue weighted by molar-refractivity contribution is -0.255. The maximum absolute atomic E-state index is 13.7. The average molecular weight is 626 g/mol. The van der Waals surface area contributed by atoms with Crippen molar-refractivity contribution in [1.29, 1.82) is 0 Å². The van der Waals surface area contributed by atoms with E-state index in [0.29, 0.717) is 31.5 Å².